The molecule has 114 valence electrons. The van der Waals surface area contributed by atoms with Crippen LogP contribution in [0.15, 0.2) is 23.6 Å². The maximum absolute atomic E-state index is 6.27. The fourth-order valence-corrected chi connectivity index (χ4v) is 3.00. The number of ether oxygens (including phenoxy) is 2. The molecule has 21 heavy (non-hydrogen) atoms. The van der Waals surface area contributed by atoms with Crippen LogP contribution < -0.4 is 15.2 Å². The van der Waals surface area contributed by atoms with Gasteiger partial charge in [-0.05, 0) is 23.6 Å². The fraction of sp³-hybridized carbons (Fsp3) is 0.438. The highest BCUT2D eigenvalue weighted by Crippen LogP contribution is 2.36. The molecular weight excluding hydrogens is 284 g/mol. The van der Waals surface area contributed by atoms with E-state index in [9.17, 15) is 0 Å². The molecule has 1 aromatic carbocycles. The minimum Gasteiger partial charge on any atom is -0.493 e. The van der Waals surface area contributed by atoms with Crippen molar-refractivity contribution in [2.75, 3.05) is 14.2 Å². The van der Waals surface area contributed by atoms with Crippen molar-refractivity contribution in [2.45, 2.75) is 26.8 Å². The Hall–Kier alpha value is -1.59. The van der Waals surface area contributed by atoms with Gasteiger partial charge in [-0.1, -0.05) is 20.8 Å². The second kappa shape index (κ2) is 6.03. The van der Waals surface area contributed by atoms with E-state index in [1.165, 1.54) is 0 Å². The minimum absolute atomic E-state index is 0.00722. The molecule has 0 aliphatic heterocycles. The fourth-order valence-electron chi connectivity index (χ4n) is 1.93. The molecule has 5 heteroatoms. The van der Waals surface area contributed by atoms with Crippen LogP contribution in [-0.2, 0) is 0 Å². The zero-order chi connectivity index (χ0) is 15.6. The molecule has 0 aliphatic rings. The van der Waals surface area contributed by atoms with Crippen LogP contribution in [0.4, 0.5) is 0 Å². The van der Waals surface area contributed by atoms with E-state index in [2.05, 4.69) is 25.8 Å². The summed E-state index contributed by atoms with van der Waals surface area (Å²) in [5.41, 5.74) is 8.17. The summed E-state index contributed by atoms with van der Waals surface area (Å²) in [6.07, 6.45) is 0. The first kappa shape index (κ1) is 15.8. The highest BCUT2D eigenvalue weighted by Gasteiger charge is 2.25. The summed E-state index contributed by atoms with van der Waals surface area (Å²) in [6.45, 7) is 6.36. The Morgan fingerprint density at radius 1 is 1.14 bits per heavy atom. The van der Waals surface area contributed by atoms with Crippen molar-refractivity contribution in [3.05, 3.63) is 28.6 Å². The van der Waals surface area contributed by atoms with E-state index in [1.807, 2.05) is 23.6 Å². The molecular formula is C16H22N2O2S. The highest BCUT2D eigenvalue weighted by atomic mass is 32.1. The van der Waals surface area contributed by atoms with Crippen molar-refractivity contribution in [1.82, 2.24) is 4.98 Å². The van der Waals surface area contributed by atoms with Gasteiger partial charge in [0, 0.05) is 10.9 Å². The van der Waals surface area contributed by atoms with E-state index in [1.54, 1.807) is 25.6 Å². The van der Waals surface area contributed by atoms with Crippen LogP contribution in [0, 0.1) is 5.41 Å². The van der Waals surface area contributed by atoms with Gasteiger partial charge in [0.15, 0.2) is 11.5 Å². The predicted molar refractivity (Wildman–Crippen MR) is 87.0 cm³/mol. The lowest BCUT2D eigenvalue weighted by atomic mass is 9.88. The maximum Gasteiger partial charge on any atom is 0.161 e. The molecule has 1 aromatic heterocycles. The lowest BCUT2D eigenvalue weighted by Gasteiger charge is -2.24. The van der Waals surface area contributed by atoms with E-state index in [0.717, 1.165) is 16.3 Å². The Morgan fingerprint density at radius 3 is 2.38 bits per heavy atom. The molecule has 2 aromatic rings. The lowest BCUT2D eigenvalue weighted by molar-refractivity contribution is 0.326. The monoisotopic (exact) mass is 306 g/mol. The van der Waals surface area contributed by atoms with E-state index >= 15 is 0 Å². The van der Waals surface area contributed by atoms with Gasteiger partial charge < -0.3 is 15.2 Å². The van der Waals surface area contributed by atoms with Crippen molar-refractivity contribution in [3.63, 3.8) is 0 Å². The van der Waals surface area contributed by atoms with Crippen LogP contribution in [0.3, 0.4) is 0 Å². The summed E-state index contributed by atoms with van der Waals surface area (Å²) >= 11 is 1.59. The summed E-state index contributed by atoms with van der Waals surface area (Å²) in [4.78, 5) is 4.67. The number of aromatic nitrogens is 1. The molecule has 0 spiro atoms. The molecule has 0 radical (unpaired) electrons. The second-order valence-corrected chi connectivity index (χ2v) is 6.87. The Kier molecular flexibility index (Phi) is 4.54. The van der Waals surface area contributed by atoms with Crippen molar-refractivity contribution >= 4 is 11.3 Å². The van der Waals surface area contributed by atoms with Crippen LogP contribution in [0.2, 0.25) is 0 Å². The summed E-state index contributed by atoms with van der Waals surface area (Å²) in [7, 11) is 3.25. The molecule has 1 unspecified atom stereocenters. The number of thiazole rings is 1. The van der Waals surface area contributed by atoms with E-state index in [-0.39, 0.29) is 11.5 Å². The minimum atomic E-state index is -0.0728. The standard InChI is InChI=1S/C16H22N2O2S/c1-16(2,3)14(17)15-18-11(9-21-15)10-6-7-12(19-4)13(8-10)20-5/h6-9,14H,17H2,1-5H3. The van der Waals surface area contributed by atoms with Gasteiger partial charge in [-0.15, -0.1) is 11.3 Å². The number of rotatable bonds is 4. The third kappa shape index (κ3) is 3.36. The summed E-state index contributed by atoms with van der Waals surface area (Å²) < 4.78 is 10.6. The number of hydrogen-bond donors (Lipinski definition) is 1. The number of hydrogen-bond acceptors (Lipinski definition) is 5. The third-order valence-electron chi connectivity index (χ3n) is 3.40. The third-order valence-corrected chi connectivity index (χ3v) is 4.33. The van der Waals surface area contributed by atoms with Crippen LogP contribution in [0.1, 0.15) is 31.8 Å². The van der Waals surface area contributed by atoms with Crippen LogP contribution in [0.25, 0.3) is 11.3 Å². The largest absolute Gasteiger partial charge is 0.493 e. The van der Waals surface area contributed by atoms with Crippen LogP contribution in [-0.4, -0.2) is 19.2 Å². The zero-order valence-corrected chi connectivity index (χ0v) is 14.0. The SMILES string of the molecule is COc1ccc(-c2csc(C(N)C(C)(C)C)n2)cc1OC. The molecule has 0 amide bonds. The Morgan fingerprint density at radius 2 is 1.81 bits per heavy atom. The van der Waals surface area contributed by atoms with Crippen molar-refractivity contribution in [1.29, 1.82) is 0 Å². The molecule has 1 atom stereocenters. The zero-order valence-electron chi connectivity index (χ0n) is 13.1. The van der Waals surface area contributed by atoms with Crippen molar-refractivity contribution in [2.24, 2.45) is 11.1 Å². The summed E-state index contributed by atoms with van der Waals surface area (Å²) in [6, 6.07) is 5.72. The topological polar surface area (TPSA) is 57.4 Å². The van der Waals surface area contributed by atoms with Crippen molar-refractivity contribution in [3.8, 4) is 22.8 Å². The van der Waals surface area contributed by atoms with E-state index in [0.29, 0.717) is 11.5 Å². The Bertz CT molecular complexity index is 617. The quantitative estimate of drug-likeness (QED) is 0.931. The smallest absolute Gasteiger partial charge is 0.161 e. The molecule has 0 saturated carbocycles. The molecule has 4 nitrogen and oxygen atoms in total. The number of benzene rings is 1. The molecule has 0 saturated heterocycles. The lowest BCUT2D eigenvalue weighted by Crippen LogP contribution is -2.26. The maximum atomic E-state index is 6.27. The number of nitrogens with two attached hydrogens (primary N) is 1. The van der Waals surface area contributed by atoms with Crippen LogP contribution >= 0.6 is 11.3 Å². The molecule has 1 heterocycles. The molecule has 2 rings (SSSR count). The Balaban J connectivity index is 2.34. The first-order valence-electron chi connectivity index (χ1n) is 6.80. The van der Waals surface area contributed by atoms with Gasteiger partial charge in [0.25, 0.3) is 0 Å². The predicted octanol–water partition coefficient (Wildman–Crippen LogP) is 3.87. The van der Waals surface area contributed by atoms with Gasteiger partial charge in [-0.2, -0.15) is 0 Å². The van der Waals surface area contributed by atoms with Gasteiger partial charge in [0.05, 0.1) is 26.0 Å². The number of methoxy groups -OCH3 is 2. The van der Waals surface area contributed by atoms with Crippen molar-refractivity contribution < 1.29 is 9.47 Å². The van der Waals surface area contributed by atoms with Gasteiger partial charge in [-0.25, -0.2) is 4.98 Å². The van der Waals surface area contributed by atoms with Gasteiger partial charge in [-0.3, -0.25) is 0 Å². The van der Waals surface area contributed by atoms with Gasteiger partial charge in [0.2, 0.25) is 0 Å². The van der Waals surface area contributed by atoms with Crippen LogP contribution in [0.5, 0.6) is 11.5 Å². The van der Waals surface area contributed by atoms with Gasteiger partial charge >= 0.3 is 0 Å². The number of nitrogens with zero attached hydrogens (tertiary/aromatic N) is 1. The normalized spacial score (nSPS) is 13.0. The second-order valence-electron chi connectivity index (χ2n) is 5.98. The molecule has 0 aliphatic carbocycles. The van der Waals surface area contributed by atoms with E-state index < -0.39 is 0 Å². The van der Waals surface area contributed by atoms with Gasteiger partial charge in [0.1, 0.15) is 5.01 Å². The first-order chi connectivity index (χ1) is 9.86. The Labute approximate surface area is 129 Å². The molecule has 0 fully saturated rings. The molecule has 2 N–H and O–H groups in total. The molecule has 0 bridgehead atoms. The summed E-state index contributed by atoms with van der Waals surface area (Å²) in [5.74, 6) is 1.41. The first-order valence-corrected chi connectivity index (χ1v) is 7.68. The summed E-state index contributed by atoms with van der Waals surface area (Å²) in [5, 5.41) is 2.98. The average molecular weight is 306 g/mol. The van der Waals surface area contributed by atoms with E-state index in [4.69, 9.17) is 15.2 Å². The average Bonchev–Trinajstić information content (AvgIpc) is 2.94. The highest BCUT2D eigenvalue weighted by molar-refractivity contribution is 7.10.